The number of nitrogens with zero attached hydrogens (tertiary/aromatic N) is 2. The predicted octanol–water partition coefficient (Wildman–Crippen LogP) is 1.76. The first-order valence-corrected chi connectivity index (χ1v) is 6.03. The van der Waals surface area contributed by atoms with Crippen molar-refractivity contribution in [1.82, 2.24) is 15.3 Å². The van der Waals surface area contributed by atoms with E-state index in [9.17, 15) is 4.79 Å². The molecule has 0 saturated heterocycles. The Labute approximate surface area is 112 Å². The van der Waals surface area contributed by atoms with Crippen LogP contribution in [0.15, 0.2) is 36.5 Å². The fraction of sp³-hybridized carbons (Fsp3) is 0.214. The summed E-state index contributed by atoms with van der Waals surface area (Å²) >= 11 is 0. The summed E-state index contributed by atoms with van der Waals surface area (Å²) in [5.41, 5.74) is 3.01. The van der Waals surface area contributed by atoms with Crippen molar-refractivity contribution in [1.29, 1.82) is 0 Å². The third-order valence-electron chi connectivity index (χ3n) is 2.66. The number of aromatic nitrogens is 2. The van der Waals surface area contributed by atoms with Crippen LogP contribution in [0, 0.1) is 6.92 Å². The minimum Gasteiger partial charge on any atom is -0.388 e. The molecule has 5 nitrogen and oxygen atoms in total. The van der Waals surface area contributed by atoms with Crippen LogP contribution in [0.4, 0.5) is 5.69 Å². The van der Waals surface area contributed by atoms with Crippen molar-refractivity contribution >= 4 is 11.6 Å². The van der Waals surface area contributed by atoms with E-state index in [0.717, 1.165) is 17.1 Å². The molecule has 0 aliphatic carbocycles. The molecule has 0 aromatic carbocycles. The molecular formula is C14H16N4O. The summed E-state index contributed by atoms with van der Waals surface area (Å²) in [6, 6.07) is 9.23. The maximum absolute atomic E-state index is 11.9. The van der Waals surface area contributed by atoms with E-state index >= 15 is 0 Å². The second-order valence-electron chi connectivity index (χ2n) is 4.13. The molecule has 2 aromatic heterocycles. The molecule has 0 aliphatic rings. The molecule has 0 radical (unpaired) electrons. The number of pyridine rings is 2. The predicted molar refractivity (Wildman–Crippen MR) is 73.9 cm³/mol. The average Bonchev–Trinajstić information content (AvgIpc) is 2.45. The van der Waals surface area contributed by atoms with Crippen molar-refractivity contribution in [3.63, 3.8) is 0 Å². The van der Waals surface area contributed by atoms with Crippen LogP contribution in [0.25, 0.3) is 0 Å². The maximum Gasteiger partial charge on any atom is 0.270 e. The lowest BCUT2D eigenvalue weighted by Gasteiger charge is -2.06. The van der Waals surface area contributed by atoms with Crippen LogP contribution in [-0.4, -0.2) is 22.9 Å². The van der Waals surface area contributed by atoms with Crippen molar-refractivity contribution in [2.24, 2.45) is 0 Å². The fourth-order valence-electron chi connectivity index (χ4n) is 1.67. The van der Waals surface area contributed by atoms with Crippen molar-refractivity contribution < 1.29 is 4.79 Å². The molecule has 0 bridgehead atoms. The molecule has 98 valence electrons. The highest BCUT2D eigenvalue weighted by atomic mass is 16.1. The Morgan fingerprint density at radius 3 is 2.89 bits per heavy atom. The molecule has 2 N–H and O–H groups in total. The first kappa shape index (κ1) is 13.0. The van der Waals surface area contributed by atoms with E-state index in [2.05, 4.69) is 20.6 Å². The highest BCUT2D eigenvalue weighted by Crippen LogP contribution is 2.06. The normalized spacial score (nSPS) is 10.0. The van der Waals surface area contributed by atoms with Gasteiger partial charge < -0.3 is 10.6 Å². The number of carbonyl (C=O) groups is 1. The zero-order valence-corrected chi connectivity index (χ0v) is 11.0. The van der Waals surface area contributed by atoms with E-state index in [4.69, 9.17) is 0 Å². The van der Waals surface area contributed by atoms with Gasteiger partial charge >= 0.3 is 0 Å². The standard InChI is InChI=1S/C14H16N4O/c1-10-4-3-5-12(18-10)9-17-14(19)13-8-11(15-2)6-7-16-13/h3-8H,9H2,1-2H3,(H,15,16)(H,17,19). The second-order valence-corrected chi connectivity index (χ2v) is 4.13. The van der Waals surface area contributed by atoms with Gasteiger partial charge in [-0.25, -0.2) is 0 Å². The number of hydrogen-bond acceptors (Lipinski definition) is 4. The lowest BCUT2D eigenvalue weighted by atomic mass is 10.3. The molecule has 0 atom stereocenters. The number of carbonyl (C=O) groups excluding carboxylic acids is 1. The van der Waals surface area contributed by atoms with Gasteiger partial charge in [0.05, 0.1) is 12.2 Å². The van der Waals surface area contributed by atoms with Crippen molar-refractivity contribution in [3.8, 4) is 0 Å². The summed E-state index contributed by atoms with van der Waals surface area (Å²) in [4.78, 5) is 20.3. The van der Waals surface area contributed by atoms with Crippen LogP contribution in [-0.2, 0) is 6.54 Å². The second kappa shape index (κ2) is 5.95. The molecule has 2 rings (SSSR count). The third-order valence-corrected chi connectivity index (χ3v) is 2.66. The first-order chi connectivity index (χ1) is 9.19. The van der Waals surface area contributed by atoms with E-state index in [-0.39, 0.29) is 5.91 Å². The van der Waals surface area contributed by atoms with Crippen LogP contribution in [0.5, 0.6) is 0 Å². The van der Waals surface area contributed by atoms with E-state index in [0.29, 0.717) is 12.2 Å². The molecule has 1 amide bonds. The Balaban J connectivity index is 2.01. The highest BCUT2D eigenvalue weighted by Gasteiger charge is 2.07. The summed E-state index contributed by atoms with van der Waals surface area (Å²) in [5.74, 6) is -0.208. The van der Waals surface area contributed by atoms with Gasteiger partial charge in [-0.2, -0.15) is 0 Å². The Hall–Kier alpha value is -2.43. The van der Waals surface area contributed by atoms with Gasteiger partial charge in [0, 0.05) is 24.6 Å². The van der Waals surface area contributed by atoms with Gasteiger partial charge in [0.1, 0.15) is 5.69 Å². The molecule has 0 aliphatic heterocycles. The van der Waals surface area contributed by atoms with Gasteiger partial charge in [0.25, 0.3) is 5.91 Å². The smallest absolute Gasteiger partial charge is 0.270 e. The van der Waals surface area contributed by atoms with Gasteiger partial charge in [0.2, 0.25) is 0 Å². The van der Waals surface area contributed by atoms with E-state index in [1.807, 2.05) is 25.1 Å². The molecule has 2 heterocycles. The summed E-state index contributed by atoms with van der Waals surface area (Å²) in [6.07, 6.45) is 1.60. The molecule has 0 unspecified atom stereocenters. The van der Waals surface area contributed by atoms with Gasteiger partial charge in [-0.15, -0.1) is 0 Å². The van der Waals surface area contributed by atoms with Crippen molar-refractivity contribution in [3.05, 3.63) is 53.6 Å². The molecule has 0 saturated carbocycles. The monoisotopic (exact) mass is 256 g/mol. The largest absolute Gasteiger partial charge is 0.388 e. The van der Waals surface area contributed by atoms with Gasteiger partial charge in [-0.3, -0.25) is 14.8 Å². The summed E-state index contributed by atoms with van der Waals surface area (Å²) in [6.45, 7) is 2.31. The van der Waals surface area contributed by atoms with Crippen LogP contribution < -0.4 is 10.6 Å². The van der Waals surface area contributed by atoms with E-state index in [1.165, 1.54) is 0 Å². The van der Waals surface area contributed by atoms with Crippen LogP contribution in [0.3, 0.4) is 0 Å². The summed E-state index contributed by atoms with van der Waals surface area (Å²) in [5, 5.41) is 5.77. The molecule has 0 spiro atoms. The summed E-state index contributed by atoms with van der Waals surface area (Å²) < 4.78 is 0. The zero-order valence-electron chi connectivity index (χ0n) is 11.0. The van der Waals surface area contributed by atoms with E-state index in [1.54, 1.807) is 25.4 Å². The lowest BCUT2D eigenvalue weighted by Crippen LogP contribution is -2.24. The van der Waals surface area contributed by atoms with Crippen LogP contribution in [0.1, 0.15) is 21.9 Å². The number of anilines is 1. The minimum atomic E-state index is -0.208. The third kappa shape index (κ3) is 3.51. The van der Waals surface area contributed by atoms with Crippen molar-refractivity contribution in [2.75, 3.05) is 12.4 Å². The summed E-state index contributed by atoms with van der Waals surface area (Å²) in [7, 11) is 1.80. The zero-order chi connectivity index (χ0) is 13.7. The molecule has 0 fully saturated rings. The van der Waals surface area contributed by atoms with Crippen molar-refractivity contribution in [2.45, 2.75) is 13.5 Å². The van der Waals surface area contributed by atoms with Crippen LogP contribution in [0.2, 0.25) is 0 Å². The Kier molecular flexibility index (Phi) is 4.07. The van der Waals surface area contributed by atoms with Gasteiger partial charge in [0.15, 0.2) is 0 Å². The average molecular weight is 256 g/mol. The molecule has 19 heavy (non-hydrogen) atoms. The molecule has 2 aromatic rings. The van der Waals surface area contributed by atoms with E-state index < -0.39 is 0 Å². The maximum atomic E-state index is 11.9. The number of aryl methyl sites for hydroxylation is 1. The fourth-order valence-corrected chi connectivity index (χ4v) is 1.67. The van der Waals surface area contributed by atoms with Crippen LogP contribution >= 0.6 is 0 Å². The minimum absolute atomic E-state index is 0.208. The number of rotatable bonds is 4. The first-order valence-electron chi connectivity index (χ1n) is 6.03. The topological polar surface area (TPSA) is 66.9 Å². The quantitative estimate of drug-likeness (QED) is 0.874. The Morgan fingerprint density at radius 1 is 1.32 bits per heavy atom. The molecular weight excluding hydrogens is 240 g/mol. The Bertz CT molecular complexity index is 583. The number of amides is 1. The number of nitrogens with one attached hydrogen (secondary N) is 2. The molecule has 5 heteroatoms. The highest BCUT2D eigenvalue weighted by molar-refractivity contribution is 5.92. The Morgan fingerprint density at radius 2 is 2.16 bits per heavy atom. The van der Waals surface area contributed by atoms with Gasteiger partial charge in [-0.05, 0) is 31.2 Å². The van der Waals surface area contributed by atoms with Gasteiger partial charge in [-0.1, -0.05) is 6.07 Å². The SMILES string of the molecule is CNc1ccnc(C(=O)NCc2cccc(C)n2)c1. The number of hydrogen-bond donors (Lipinski definition) is 2. The lowest BCUT2D eigenvalue weighted by molar-refractivity contribution is 0.0945.